The van der Waals surface area contributed by atoms with Gasteiger partial charge in [-0.3, -0.25) is 9.59 Å². The summed E-state index contributed by atoms with van der Waals surface area (Å²) in [7, 11) is -3.43. The maximum Gasteiger partial charge on any atom is 0.275 e. The van der Waals surface area contributed by atoms with E-state index in [1.165, 1.54) is 18.2 Å². The number of aromatic nitrogens is 1. The van der Waals surface area contributed by atoms with E-state index in [1.54, 1.807) is 26.0 Å². The Kier molecular flexibility index (Phi) is 4.70. The third kappa shape index (κ3) is 3.60. The van der Waals surface area contributed by atoms with Crippen molar-refractivity contribution < 1.29 is 18.0 Å². The van der Waals surface area contributed by atoms with Crippen LogP contribution in [0.4, 0.5) is 5.69 Å². The number of anilines is 1. The number of aryl methyl sites for hydroxylation is 1. The lowest BCUT2D eigenvalue weighted by Crippen LogP contribution is -2.22. The molecule has 0 spiro atoms. The summed E-state index contributed by atoms with van der Waals surface area (Å²) in [6.45, 7) is 3.27. The zero-order chi connectivity index (χ0) is 18.1. The van der Waals surface area contributed by atoms with Crippen LogP contribution in [0.5, 0.6) is 0 Å². The predicted octanol–water partition coefficient (Wildman–Crippen LogP) is 1.45. The fraction of sp³-hybridized carbons (Fsp3) is 0.188. The summed E-state index contributed by atoms with van der Waals surface area (Å²) in [5, 5.41) is 2.59. The van der Waals surface area contributed by atoms with Gasteiger partial charge in [0.1, 0.15) is 5.69 Å². The van der Waals surface area contributed by atoms with Crippen LogP contribution in [-0.2, 0) is 9.84 Å². The van der Waals surface area contributed by atoms with Crippen molar-refractivity contribution in [3.63, 3.8) is 0 Å². The van der Waals surface area contributed by atoms with Crippen LogP contribution in [0.3, 0.4) is 0 Å². The van der Waals surface area contributed by atoms with E-state index in [1.807, 2.05) is 0 Å². The smallest absolute Gasteiger partial charge is 0.275 e. The second kappa shape index (κ2) is 6.40. The maximum atomic E-state index is 12.5. The minimum absolute atomic E-state index is 0.00461. The van der Waals surface area contributed by atoms with Crippen LogP contribution in [0.1, 0.15) is 32.1 Å². The molecule has 0 aliphatic rings. The molecule has 0 saturated carbocycles. The summed E-state index contributed by atoms with van der Waals surface area (Å²) in [5.74, 6) is -1.41. The molecule has 2 amide bonds. The summed E-state index contributed by atoms with van der Waals surface area (Å²) < 4.78 is 23.5. The fourth-order valence-corrected chi connectivity index (χ4v) is 3.25. The predicted molar refractivity (Wildman–Crippen MR) is 89.7 cm³/mol. The van der Waals surface area contributed by atoms with Gasteiger partial charge in [-0.2, -0.15) is 0 Å². The van der Waals surface area contributed by atoms with Gasteiger partial charge in [-0.1, -0.05) is 6.07 Å². The van der Waals surface area contributed by atoms with Gasteiger partial charge in [-0.05, 0) is 43.7 Å². The first-order chi connectivity index (χ1) is 11.1. The number of amides is 2. The Labute approximate surface area is 139 Å². The van der Waals surface area contributed by atoms with Gasteiger partial charge in [-0.15, -0.1) is 0 Å². The molecule has 1 heterocycles. The zero-order valence-corrected chi connectivity index (χ0v) is 14.3. The van der Waals surface area contributed by atoms with Crippen molar-refractivity contribution in [1.29, 1.82) is 0 Å². The number of nitrogens with zero attached hydrogens (tertiary/aromatic N) is 1. The molecule has 0 bridgehead atoms. The van der Waals surface area contributed by atoms with Crippen molar-refractivity contribution >= 4 is 27.3 Å². The van der Waals surface area contributed by atoms with Crippen molar-refractivity contribution in [2.24, 2.45) is 5.73 Å². The largest absolute Gasteiger partial charge is 0.366 e. The van der Waals surface area contributed by atoms with Crippen molar-refractivity contribution in [3.05, 3.63) is 52.8 Å². The van der Waals surface area contributed by atoms with E-state index in [9.17, 15) is 18.0 Å². The number of carbonyl (C=O) groups is 2. The number of nitrogens with one attached hydrogen (secondary N) is 1. The van der Waals surface area contributed by atoms with Gasteiger partial charge < -0.3 is 11.1 Å². The second-order valence-corrected chi connectivity index (χ2v) is 7.35. The standard InChI is InChI=1S/C16H17N3O4S/c1-9-7-8-11(15(17)20)14(18-9)16(21)19-12-5-4-6-13(10(12)2)24(3,22)23/h4-8H,1-3H3,(H2,17,20)(H,19,21). The minimum Gasteiger partial charge on any atom is -0.366 e. The Morgan fingerprint density at radius 2 is 1.79 bits per heavy atom. The third-order valence-electron chi connectivity index (χ3n) is 3.45. The van der Waals surface area contributed by atoms with E-state index in [4.69, 9.17) is 5.73 Å². The van der Waals surface area contributed by atoms with Gasteiger partial charge in [0.15, 0.2) is 9.84 Å². The third-order valence-corrected chi connectivity index (χ3v) is 4.69. The first kappa shape index (κ1) is 17.6. The molecule has 2 aromatic rings. The van der Waals surface area contributed by atoms with Gasteiger partial charge >= 0.3 is 0 Å². The van der Waals surface area contributed by atoms with Crippen LogP contribution in [0.2, 0.25) is 0 Å². The zero-order valence-electron chi connectivity index (χ0n) is 13.5. The molecule has 24 heavy (non-hydrogen) atoms. The lowest BCUT2D eigenvalue weighted by molar-refractivity contribution is 0.0974. The highest BCUT2D eigenvalue weighted by Gasteiger charge is 2.19. The molecule has 7 nitrogen and oxygen atoms in total. The van der Waals surface area contributed by atoms with Crippen LogP contribution in [0.25, 0.3) is 0 Å². The molecular formula is C16H17N3O4S. The SMILES string of the molecule is Cc1ccc(C(N)=O)c(C(=O)Nc2cccc(S(C)(=O)=O)c2C)n1. The van der Waals surface area contributed by atoms with E-state index in [2.05, 4.69) is 10.3 Å². The topological polar surface area (TPSA) is 119 Å². The van der Waals surface area contributed by atoms with Gasteiger partial charge in [0.05, 0.1) is 10.5 Å². The highest BCUT2D eigenvalue weighted by molar-refractivity contribution is 7.90. The van der Waals surface area contributed by atoms with Crippen LogP contribution < -0.4 is 11.1 Å². The number of rotatable bonds is 4. The molecule has 0 aliphatic heterocycles. The second-order valence-electron chi connectivity index (χ2n) is 5.37. The van der Waals surface area contributed by atoms with Gasteiger partial charge in [0.25, 0.3) is 11.8 Å². The fourth-order valence-electron chi connectivity index (χ4n) is 2.26. The molecule has 3 N–H and O–H groups in total. The summed E-state index contributed by atoms with van der Waals surface area (Å²) in [5.41, 5.74) is 6.43. The lowest BCUT2D eigenvalue weighted by Gasteiger charge is -2.12. The maximum absolute atomic E-state index is 12.5. The first-order valence-electron chi connectivity index (χ1n) is 6.99. The lowest BCUT2D eigenvalue weighted by atomic mass is 10.1. The number of pyridine rings is 1. The Morgan fingerprint density at radius 1 is 1.12 bits per heavy atom. The highest BCUT2D eigenvalue weighted by atomic mass is 32.2. The number of hydrogen-bond acceptors (Lipinski definition) is 5. The van der Waals surface area contributed by atoms with Crippen LogP contribution in [0.15, 0.2) is 35.2 Å². The monoisotopic (exact) mass is 347 g/mol. The minimum atomic E-state index is -3.43. The van der Waals surface area contributed by atoms with Gasteiger partial charge in [0.2, 0.25) is 0 Å². The van der Waals surface area contributed by atoms with E-state index in [0.29, 0.717) is 16.9 Å². The Balaban J connectivity index is 2.45. The number of nitrogens with two attached hydrogens (primary N) is 1. The summed E-state index contributed by atoms with van der Waals surface area (Å²) >= 11 is 0. The molecule has 0 unspecified atom stereocenters. The van der Waals surface area contributed by atoms with Crippen LogP contribution in [0, 0.1) is 13.8 Å². The van der Waals surface area contributed by atoms with E-state index < -0.39 is 21.7 Å². The average molecular weight is 347 g/mol. The average Bonchev–Trinajstić information content (AvgIpc) is 2.47. The Bertz CT molecular complexity index is 936. The molecule has 0 atom stereocenters. The molecule has 1 aromatic heterocycles. The van der Waals surface area contributed by atoms with Gasteiger partial charge in [-0.25, -0.2) is 13.4 Å². The van der Waals surface area contributed by atoms with Crippen molar-refractivity contribution in [1.82, 2.24) is 4.98 Å². The number of hydrogen-bond donors (Lipinski definition) is 2. The molecular weight excluding hydrogens is 330 g/mol. The normalized spacial score (nSPS) is 11.1. The molecule has 0 fully saturated rings. The molecule has 2 rings (SSSR count). The van der Waals surface area contributed by atoms with E-state index >= 15 is 0 Å². The summed E-state index contributed by atoms with van der Waals surface area (Å²) in [6.07, 6.45) is 1.09. The molecule has 0 saturated heterocycles. The quantitative estimate of drug-likeness (QED) is 0.867. The molecule has 8 heteroatoms. The molecule has 0 aliphatic carbocycles. The summed E-state index contributed by atoms with van der Waals surface area (Å²) in [6, 6.07) is 7.56. The van der Waals surface area contributed by atoms with Crippen molar-refractivity contribution in [2.75, 3.05) is 11.6 Å². The number of benzene rings is 1. The molecule has 0 radical (unpaired) electrons. The Morgan fingerprint density at radius 3 is 2.38 bits per heavy atom. The molecule has 126 valence electrons. The number of carbonyl (C=O) groups excluding carboxylic acids is 2. The van der Waals surface area contributed by atoms with Crippen molar-refractivity contribution in [3.8, 4) is 0 Å². The van der Waals surface area contributed by atoms with Crippen LogP contribution in [-0.4, -0.2) is 31.5 Å². The van der Waals surface area contributed by atoms with Gasteiger partial charge in [0, 0.05) is 17.6 Å². The van der Waals surface area contributed by atoms with E-state index in [-0.39, 0.29) is 16.2 Å². The first-order valence-corrected chi connectivity index (χ1v) is 8.89. The van der Waals surface area contributed by atoms with Crippen molar-refractivity contribution in [2.45, 2.75) is 18.7 Å². The number of primary amides is 1. The van der Waals surface area contributed by atoms with Crippen LogP contribution >= 0.6 is 0 Å². The Hall–Kier alpha value is -2.74. The number of sulfone groups is 1. The summed E-state index contributed by atoms with van der Waals surface area (Å²) in [4.78, 5) is 28.1. The van der Waals surface area contributed by atoms with E-state index in [0.717, 1.165) is 6.26 Å². The molecule has 1 aromatic carbocycles. The highest BCUT2D eigenvalue weighted by Crippen LogP contribution is 2.23.